The number of ketones is 1. The van der Waals surface area contributed by atoms with E-state index in [0.29, 0.717) is 24.2 Å². The predicted molar refractivity (Wildman–Crippen MR) is 104 cm³/mol. The Morgan fingerprint density at radius 2 is 1.89 bits per heavy atom. The van der Waals surface area contributed by atoms with Crippen molar-refractivity contribution in [1.29, 1.82) is 0 Å². The van der Waals surface area contributed by atoms with Crippen molar-refractivity contribution in [1.82, 2.24) is 19.6 Å². The molecule has 0 aliphatic rings. The van der Waals surface area contributed by atoms with Crippen LogP contribution in [0, 0.1) is 12.7 Å². The van der Waals surface area contributed by atoms with Gasteiger partial charge in [0.05, 0.1) is 5.52 Å². The number of hydrogen-bond donors (Lipinski definition) is 0. The minimum atomic E-state index is -0.336. The highest BCUT2D eigenvalue weighted by Gasteiger charge is 2.12. The van der Waals surface area contributed by atoms with E-state index in [-0.39, 0.29) is 11.6 Å². The number of benzene rings is 2. The molecule has 0 N–H and O–H groups in total. The van der Waals surface area contributed by atoms with Crippen LogP contribution >= 0.6 is 11.8 Å². The molecule has 0 aliphatic carbocycles. The molecule has 0 amide bonds. The van der Waals surface area contributed by atoms with Crippen molar-refractivity contribution in [3.63, 3.8) is 0 Å². The number of aromatic nitrogens is 4. The van der Waals surface area contributed by atoms with Crippen LogP contribution in [0.2, 0.25) is 0 Å². The molecule has 2 heterocycles. The zero-order valence-electron chi connectivity index (χ0n) is 14.7. The standard InChI is InChI=1S/C20H17FN4OS/c1-13-22-19-16-5-2-3-6-17(16)23-20(25(19)24-13)27-12-4-7-18(26)14-8-10-15(21)11-9-14/h2-3,5-6,8-11H,4,7,12H2,1H3. The van der Waals surface area contributed by atoms with E-state index >= 15 is 0 Å². The van der Waals surface area contributed by atoms with Crippen LogP contribution in [0.15, 0.2) is 53.7 Å². The third-order valence-corrected chi connectivity index (χ3v) is 5.22. The molecule has 0 bridgehead atoms. The second-order valence-corrected chi connectivity index (χ2v) is 7.25. The summed E-state index contributed by atoms with van der Waals surface area (Å²) in [4.78, 5) is 21.4. The van der Waals surface area contributed by atoms with Crippen LogP contribution in [-0.2, 0) is 0 Å². The monoisotopic (exact) mass is 380 g/mol. The summed E-state index contributed by atoms with van der Waals surface area (Å²) in [5.74, 6) is 1.11. The molecule has 27 heavy (non-hydrogen) atoms. The first kappa shape index (κ1) is 17.6. The molecule has 0 radical (unpaired) electrons. The van der Waals surface area contributed by atoms with Gasteiger partial charge in [-0.25, -0.2) is 14.4 Å². The quantitative estimate of drug-likeness (QED) is 0.214. The van der Waals surface area contributed by atoms with E-state index in [9.17, 15) is 9.18 Å². The number of para-hydroxylation sites is 1. The fourth-order valence-electron chi connectivity index (χ4n) is 2.90. The Balaban J connectivity index is 1.47. The summed E-state index contributed by atoms with van der Waals surface area (Å²) in [5.41, 5.74) is 2.21. The van der Waals surface area contributed by atoms with Gasteiger partial charge in [0.25, 0.3) is 0 Å². The number of fused-ring (bicyclic) bond motifs is 3. The molecule has 2 aromatic heterocycles. The number of rotatable bonds is 6. The Kier molecular flexibility index (Phi) is 4.85. The van der Waals surface area contributed by atoms with Gasteiger partial charge in [-0.15, -0.1) is 5.10 Å². The van der Waals surface area contributed by atoms with Gasteiger partial charge in [-0.05, 0) is 49.7 Å². The average Bonchev–Trinajstić information content (AvgIpc) is 3.07. The van der Waals surface area contributed by atoms with Crippen LogP contribution in [0.3, 0.4) is 0 Å². The number of thioether (sulfide) groups is 1. The summed E-state index contributed by atoms with van der Waals surface area (Å²) in [5, 5.41) is 6.18. The largest absolute Gasteiger partial charge is 0.294 e. The van der Waals surface area contributed by atoms with E-state index in [4.69, 9.17) is 4.98 Å². The molecular weight excluding hydrogens is 363 g/mol. The van der Waals surface area contributed by atoms with Gasteiger partial charge in [0.1, 0.15) is 11.6 Å². The van der Waals surface area contributed by atoms with Crippen molar-refractivity contribution in [3.05, 3.63) is 65.7 Å². The Hall–Kier alpha value is -2.80. The van der Waals surface area contributed by atoms with E-state index in [0.717, 1.165) is 27.5 Å². The molecule has 0 aliphatic heterocycles. The van der Waals surface area contributed by atoms with Crippen LogP contribution in [0.1, 0.15) is 29.0 Å². The molecule has 0 fully saturated rings. The molecule has 0 atom stereocenters. The normalized spacial score (nSPS) is 11.3. The Morgan fingerprint density at radius 3 is 2.70 bits per heavy atom. The van der Waals surface area contributed by atoms with Crippen LogP contribution in [0.25, 0.3) is 16.6 Å². The molecule has 0 spiro atoms. The fraction of sp³-hybridized carbons (Fsp3) is 0.200. The zero-order valence-corrected chi connectivity index (χ0v) is 15.5. The van der Waals surface area contributed by atoms with Gasteiger partial charge in [-0.2, -0.15) is 4.52 Å². The van der Waals surface area contributed by atoms with Crippen molar-refractivity contribution in [3.8, 4) is 0 Å². The molecule has 4 rings (SSSR count). The highest BCUT2D eigenvalue weighted by Crippen LogP contribution is 2.24. The van der Waals surface area contributed by atoms with Crippen molar-refractivity contribution < 1.29 is 9.18 Å². The summed E-state index contributed by atoms with van der Waals surface area (Å²) in [6.45, 7) is 1.86. The Morgan fingerprint density at radius 1 is 1.11 bits per heavy atom. The maximum atomic E-state index is 12.9. The number of aryl methyl sites for hydroxylation is 1. The minimum absolute atomic E-state index is 0.0174. The lowest BCUT2D eigenvalue weighted by Crippen LogP contribution is -2.01. The van der Waals surface area contributed by atoms with Gasteiger partial charge in [-0.1, -0.05) is 23.9 Å². The number of halogens is 1. The smallest absolute Gasteiger partial charge is 0.191 e. The van der Waals surface area contributed by atoms with Gasteiger partial charge in [0, 0.05) is 23.1 Å². The fourth-order valence-corrected chi connectivity index (χ4v) is 3.79. The molecule has 4 aromatic rings. The van der Waals surface area contributed by atoms with Crippen LogP contribution in [0.5, 0.6) is 0 Å². The molecule has 0 saturated heterocycles. The molecular formula is C20H17FN4OS. The van der Waals surface area contributed by atoms with Gasteiger partial charge >= 0.3 is 0 Å². The van der Waals surface area contributed by atoms with E-state index in [2.05, 4.69) is 10.1 Å². The second-order valence-electron chi connectivity index (χ2n) is 6.19. The van der Waals surface area contributed by atoms with Crippen LogP contribution < -0.4 is 0 Å². The third kappa shape index (κ3) is 3.68. The Labute approximate surface area is 159 Å². The van der Waals surface area contributed by atoms with Crippen LogP contribution in [-0.4, -0.2) is 31.1 Å². The second kappa shape index (κ2) is 7.44. The first-order valence-corrected chi connectivity index (χ1v) is 9.64. The van der Waals surface area contributed by atoms with E-state index < -0.39 is 0 Å². The van der Waals surface area contributed by atoms with Gasteiger partial charge < -0.3 is 0 Å². The lowest BCUT2D eigenvalue weighted by molar-refractivity contribution is 0.0982. The first-order chi connectivity index (χ1) is 13.1. The number of hydrogen-bond acceptors (Lipinski definition) is 5. The number of nitrogens with zero attached hydrogens (tertiary/aromatic N) is 4. The summed E-state index contributed by atoms with van der Waals surface area (Å²) >= 11 is 1.55. The average molecular weight is 380 g/mol. The number of carbonyl (C=O) groups excluding carboxylic acids is 1. The van der Waals surface area contributed by atoms with E-state index in [1.54, 1.807) is 16.3 Å². The lowest BCUT2D eigenvalue weighted by atomic mass is 10.1. The molecule has 0 unspecified atom stereocenters. The topological polar surface area (TPSA) is 60.2 Å². The highest BCUT2D eigenvalue weighted by molar-refractivity contribution is 7.99. The van der Waals surface area contributed by atoms with E-state index in [1.165, 1.54) is 24.3 Å². The molecule has 136 valence electrons. The third-order valence-electron chi connectivity index (χ3n) is 4.20. The van der Waals surface area contributed by atoms with Crippen molar-refractivity contribution in [2.45, 2.75) is 24.9 Å². The lowest BCUT2D eigenvalue weighted by Gasteiger charge is -2.06. The molecule has 0 saturated carbocycles. The molecule has 7 heteroatoms. The number of Topliss-reactive ketones (excluding diaryl/α,β-unsaturated/α-hetero) is 1. The zero-order chi connectivity index (χ0) is 18.8. The number of carbonyl (C=O) groups is 1. The molecule has 2 aromatic carbocycles. The molecule has 5 nitrogen and oxygen atoms in total. The minimum Gasteiger partial charge on any atom is -0.294 e. The van der Waals surface area contributed by atoms with E-state index in [1.807, 2.05) is 31.2 Å². The first-order valence-electron chi connectivity index (χ1n) is 8.65. The van der Waals surface area contributed by atoms with Crippen LogP contribution in [0.4, 0.5) is 4.39 Å². The van der Waals surface area contributed by atoms with Crippen molar-refractivity contribution in [2.24, 2.45) is 0 Å². The van der Waals surface area contributed by atoms with Gasteiger partial charge in [0.2, 0.25) is 0 Å². The van der Waals surface area contributed by atoms with Crippen molar-refractivity contribution in [2.75, 3.05) is 5.75 Å². The van der Waals surface area contributed by atoms with Gasteiger partial charge in [0.15, 0.2) is 16.6 Å². The maximum absolute atomic E-state index is 12.9. The highest BCUT2D eigenvalue weighted by atomic mass is 32.2. The summed E-state index contributed by atoms with van der Waals surface area (Å²) in [6, 6.07) is 13.5. The SMILES string of the molecule is Cc1nc2c3ccccc3nc(SCCCC(=O)c3ccc(F)cc3)n2n1. The maximum Gasteiger partial charge on any atom is 0.191 e. The summed E-state index contributed by atoms with van der Waals surface area (Å²) in [6.07, 6.45) is 1.11. The van der Waals surface area contributed by atoms with Gasteiger partial charge in [-0.3, -0.25) is 4.79 Å². The summed E-state index contributed by atoms with van der Waals surface area (Å²) in [7, 11) is 0. The summed E-state index contributed by atoms with van der Waals surface area (Å²) < 4.78 is 14.7. The van der Waals surface area contributed by atoms with Crippen molar-refractivity contribution >= 4 is 34.1 Å². The Bertz CT molecular complexity index is 1120. The predicted octanol–water partition coefficient (Wildman–Crippen LogP) is 4.48.